The molecule has 0 fully saturated rings. The zero-order valence-electron chi connectivity index (χ0n) is 20.0. The molecule has 1 amide bonds. The number of hydrogen-bond donors (Lipinski definition) is 1. The third-order valence-electron chi connectivity index (χ3n) is 5.40. The number of nitrogens with zero attached hydrogens (tertiary/aromatic N) is 1. The van der Waals surface area contributed by atoms with Gasteiger partial charge in [0.25, 0.3) is 5.91 Å². The molecule has 0 aliphatic heterocycles. The molecule has 0 saturated heterocycles. The summed E-state index contributed by atoms with van der Waals surface area (Å²) in [6.07, 6.45) is 1.43. The molecule has 0 saturated carbocycles. The lowest BCUT2D eigenvalue weighted by Gasteiger charge is -2.12. The van der Waals surface area contributed by atoms with Crippen LogP contribution in [0.1, 0.15) is 16.7 Å². The predicted octanol–water partition coefficient (Wildman–Crippen LogP) is 8.35. The van der Waals surface area contributed by atoms with E-state index in [4.69, 9.17) is 44.3 Å². The predicted molar refractivity (Wildman–Crippen MR) is 152 cm³/mol. The lowest BCUT2D eigenvalue weighted by Crippen LogP contribution is -2.13. The Morgan fingerprint density at radius 3 is 2.26 bits per heavy atom. The van der Waals surface area contributed by atoms with Gasteiger partial charge in [-0.25, -0.2) is 0 Å². The zero-order valence-corrected chi connectivity index (χ0v) is 22.2. The van der Waals surface area contributed by atoms with Crippen molar-refractivity contribution in [1.29, 1.82) is 5.26 Å². The second kappa shape index (κ2) is 13.0. The molecule has 4 aromatic rings. The number of anilines is 1. The molecule has 0 radical (unpaired) electrons. The maximum atomic E-state index is 12.9. The molecule has 190 valence electrons. The lowest BCUT2D eigenvalue weighted by molar-refractivity contribution is -0.112. The van der Waals surface area contributed by atoms with Crippen LogP contribution < -0.4 is 14.8 Å². The molecule has 0 aliphatic carbocycles. The van der Waals surface area contributed by atoms with Gasteiger partial charge in [0.15, 0.2) is 0 Å². The minimum absolute atomic E-state index is 0.119. The number of rotatable bonds is 9. The van der Waals surface area contributed by atoms with E-state index in [9.17, 15) is 10.1 Å². The Balaban J connectivity index is 1.44. The summed E-state index contributed by atoms with van der Waals surface area (Å²) in [5, 5.41) is 13.8. The fourth-order valence-corrected chi connectivity index (χ4v) is 4.08. The van der Waals surface area contributed by atoms with Crippen molar-refractivity contribution in [1.82, 2.24) is 0 Å². The molecule has 0 aliphatic rings. The van der Waals surface area contributed by atoms with E-state index in [2.05, 4.69) is 5.32 Å². The van der Waals surface area contributed by atoms with E-state index in [1.807, 2.05) is 36.4 Å². The van der Waals surface area contributed by atoms with Crippen molar-refractivity contribution in [2.45, 2.75) is 13.2 Å². The second-order valence-electron chi connectivity index (χ2n) is 8.13. The minimum Gasteiger partial charge on any atom is -0.489 e. The first-order valence-corrected chi connectivity index (χ1v) is 12.6. The van der Waals surface area contributed by atoms with Crippen LogP contribution in [-0.2, 0) is 18.0 Å². The summed E-state index contributed by atoms with van der Waals surface area (Å²) in [4.78, 5) is 12.9. The topological polar surface area (TPSA) is 71.3 Å². The fraction of sp³-hybridized carbons (Fsp3) is 0.0667. The number of nitrogens with one attached hydrogen (secondary N) is 1. The number of hydrogen-bond acceptors (Lipinski definition) is 4. The molecule has 4 aromatic carbocycles. The molecule has 4 rings (SSSR count). The highest BCUT2D eigenvalue weighted by molar-refractivity contribution is 6.35. The molecule has 0 atom stereocenters. The van der Waals surface area contributed by atoms with E-state index in [0.717, 1.165) is 11.1 Å². The average molecular weight is 564 g/mol. The van der Waals surface area contributed by atoms with Gasteiger partial charge in [-0.05, 0) is 66.2 Å². The van der Waals surface area contributed by atoms with Crippen LogP contribution in [0.2, 0.25) is 15.1 Å². The Morgan fingerprint density at radius 2 is 1.55 bits per heavy atom. The molecule has 0 aromatic heterocycles. The van der Waals surface area contributed by atoms with Crippen molar-refractivity contribution in [2.75, 3.05) is 5.32 Å². The Hall–Kier alpha value is -3.95. The number of nitriles is 1. The smallest absolute Gasteiger partial charge is 0.266 e. The van der Waals surface area contributed by atoms with Crippen LogP contribution in [0.25, 0.3) is 6.08 Å². The first kappa shape index (κ1) is 27.1. The third-order valence-corrected chi connectivity index (χ3v) is 6.22. The zero-order chi connectivity index (χ0) is 26.9. The number of halogens is 3. The summed E-state index contributed by atoms with van der Waals surface area (Å²) in [6, 6.07) is 28.7. The van der Waals surface area contributed by atoms with E-state index in [0.29, 0.717) is 44.4 Å². The molecule has 0 bridgehead atoms. The SMILES string of the molecule is N#C/C(=C\c1cc(Cl)ccc1OCc1ccc(Cl)cc1Cl)C(=O)Nc1ccc(OCc2ccccc2)cc1. The van der Waals surface area contributed by atoms with Gasteiger partial charge in [0.05, 0.1) is 0 Å². The fourth-order valence-electron chi connectivity index (χ4n) is 3.44. The van der Waals surface area contributed by atoms with Crippen LogP contribution in [0.15, 0.2) is 96.6 Å². The Kier molecular flexibility index (Phi) is 9.29. The van der Waals surface area contributed by atoms with Gasteiger partial charge in [-0.2, -0.15) is 5.26 Å². The molecule has 0 spiro atoms. The highest BCUT2D eigenvalue weighted by Gasteiger charge is 2.13. The van der Waals surface area contributed by atoms with Gasteiger partial charge in [0, 0.05) is 31.9 Å². The van der Waals surface area contributed by atoms with Crippen LogP contribution in [-0.4, -0.2) is 5.91 Å². The molecule has 5 nitrogen and oxygen atoms in total. The maximum Gasteiger partial charge on any atom is 0.266 e. The van der Waals surface area contributed by atoms with Gasteiger partial charge < -0.3 is 14.8 Å². The molecular formula is C30H21Cl3N2O3. The Morgan fingerprint density at radius 1 is 0.842 bits per heavy atom. The van der Waals surface area contributed by atoms with E-state index in [1.165, 1.54) is 6.08 Å². The highest BCUT2D eigenvalue weighted by Crippen LogP contribution is 2.28. The summed E-state index contributed by atoms with van der Waals surface area (Å²) in [5.41, 5.74) is 2.65. The van der Waals surface area contributed by atoms with Gasteiger partial charge in [0.1, 0.15) is 36.4 Å². The molecule has 38 heavy (non-hydrogen) atoms. The van der Waals surface area contributed by atoms with Crippen molar-refractivity contribution in [3.8, 4) is 17.6 Å². The van der Waals surface area contributed by atoms with Gasteiger partial charge in [-0.3, -0.25) is 4.79 Å². The van der Waals surface area contributed by atoms with Crippen LogP contribution in [0.3, 0.4) is 0 Å². The van der Waals surface area contributed by atoms with Crippen molar-refractivity contribution in [3.05, 3.63) is 128 Å². The second-order valence-corrected chi connectivity index (χ2v) is 9.41. The van der Waals surface area contributed by atoms with Crippen molar-refractivity contribution in [2.24, 2.45) is 0 Å². The molecule has 1 N–H and O–H groups in total. The summed E-state index contributed by atoms with van der Waals surface area (Å²) in [7, 11) is 0. The summed E-state index contributed by atoms with van der Waals surface area (Å²) < 4.78 is 11.7. The molecule has 0 unspecified atom stereocenters. The first-order valence-electron chi connectivity index (χ1n) is 11.5. The summed E-state index contributed by atoms with van der Waals surface area (Å²) >= 11 is 18.4. The van der Waals surface area contributed by atoms with E-state index >= 15 is 0 Å². The van der Waals surface area contributed by atoms with Gasteiger partial charge in [-0.15, -0.1) is 0 Å². The van der Waals surface area contributed by atoms with Crippen LogP contribution in [0.4, 0.5) is 5.69 Å². The monoisotopic (exact) mass is 562 g/mol. The quantitative estimate of drug-likeness (QED) is 0.164. The van der Waals surface area contributed by atoms with Gasteiger partial charge in [0.2, 0.25) is 0 Å². The van der Waals surface area contributed by atoms with Crippen molar-refractivity contribution >= 4 is 52.5 Å². The summed E-state index contributed by atoms with van der Waals surface area (Å²) in [6.45, 7) is 0.591. The van der Waals surface area contributed by atoms with E-state index < -0.39 is 5.91 Å². The lowest BCUT2D eigenvalue weighted by atomic mass is 10.1. The maximum absolute atomic E-state index is 12.9. The van der Waals surface area contributed by atoms with Gasteiger partial charge >= 0.3 is 0 Å². The number of ether oxygens (including phenoxy) is 2. The standard InChI is InChI=1S/C30H21Cl3N2O3/c31-24-8-13-29(38-19-21-6-7-25(32)16-28(21)33)22(15-24)14-23(17-34)30(36)35-26-9-11-27(12-10-26)37-18-20-4-2-1-3-5-20/h1-16H,18-19H2,(H,35,36)/b23-14+. The molecular weight excluding hydrogens is 543 g/mol. The highest BCUT2D eigenvalue weighted by atomic mass is 35.5. The van der Waals surface area contributed by atoms with Crippen molar-refractivity contribution in [3.63, 3.8) is 0 Å². The average Bonchev–Trinajstić information content (AvgIpc) is 2.92. The number of amides is 1. The first-order chi connectivity index (χ1) is 18.4. The van der Waals surface area contributed by atoms with Crippen LogP contribution in [0, 0.1) is 11.3 Å². The Bertz CT molecular complexity index is 1500. The largest absolute Gasteiger partial charge is 0.489 e. The number of carbonyl (C=O) groups is 1. The van der Waals surface area contributed by atoms with E-state index in [-0.39, 0.29) is 12.2 Å². The van der Waals surface area contributed by atoms with Crippen molar-refractivity contribution < 1.29 is 14.3 Å². The summed E-state index contributed by atoms with van der Waals surface area (Å²) in [5.74, 6) is 0.516. The molecule has 0 heterocycles. The normalized spacial score (nSPS) is 10.9. The van der Waals surface area contributed by atoms with E-state index in [1.54, 1.807) is 60.7 Å². The number of carbonyl (C=O) groups excluding carboxylic acids is 1. The number of benzene rings is 4. The molecule has 8 heteroatoms. The van der Waals surface area contributed by atoms with Crippen LogP contribution >= 0.6 is 34.8 Å². The van der Waals surface area contributed by atoms with Gasteiger partial charge in [-0.1, -0.05) is 71.2 Å². The van der Waals surface area contributed by atoms with Crippen LogP contribution in [0.5, 0.6) is 11.5 Å². The third kappa shape index (κ3) is 7.53. The Labute approximate surface area is 235 Å². The minimum atomic E-state index is -0.572.